The van der Waals surface area contributed by atoms with Crippen molar-refractivity contribution in [2.24, 2.45) is 4.99 Å². The lowest BCUT2D eigenvalue weighted by Gasteiger charge is -2.03. The molecule has 1 aliphatic heterocycles. The summed E-state index contributed by atoms with van der Waals surface area (Å²) in [6.07, 6.45) is 4.51. The van der Waals surface area contributed by atoms with Crippen molar-refractivity contribution in [1.82, 2.24) is 0 Å². The van der Waals surface area contributed by atoms with Crippen molar-refractivity contribution in [1.29, 1.82) is 0 Å². The lowest BCUT2D eigenvalue weighted by Crippen LogP contribution is -1.98. The number of carboxylic acids is 1. The zero-order valence-corrected chi connectivity index (χ0v) is 7.18. The van der Waals surface area contributed by atoms with E-state index in [1.165, 1.54) is 24.6 Å². The van der Waals surface area contributed by atoms with Crippen LogP contribution in [-0.2, 0) is 0 Å². The second-order valence-corrected chi connectivity index (χ2v) is 2.74. The summed E-state index contributed by atoms with van der Waals surface area (Å²) in [6.45, 7) is 0. The van der Waals surface area contributed by atoms with E-state index in [2.05, 4.69) is 4.99 Å². The quantitative estimate of drug-likeness (QED) is 0.730. The third-order valence-electron chi connectivity index (χ3n) is 1.81. The van der Waals surface area contributed by atoms with Crippen LogP contribution in [0.3, 0.4) is 0 Å². The van der Waals surface area contributed by atoms with Gasteiger partial charge in [-0.1, -0.05) is 0 Å². The zero-order valence-electron chi connectivity index (χ0n) is 7.18. The van der Waals surface area contributed by atoms with E-state index in [9.17, 15) is 4.79 Å². The van der Waals surface area contributed by atoms with Gasteiger partial charge >= 0.3 is 5.97 Å². The summed E-state index contributed by atoms with van der Waals surface area (Å²) in [4.78, 5) is 14.6. The topological polar surface area (TPSA) is 58.9 Å². The van der Waals surface area contributed by atoms with Crippen molar-refractivity contribution in [2.75, 3.05) is 0 Å². The SMILES string of the molecule is O=C(O)c1ccc2c(c1)C=NC=CO2. The van der Waals surface area contributed by atoms with E-state index in [0.29, 0.717) is 11.3 Å². The number of aromatic carboxylic acids is 1. The third-order valence-corrected chi connectivity index (χ3v) is 1.81. The molecular weight excluding hydrogens is 182 g/mol. The van der Waals surface area contributed by atoms with Crippen molar-refractivity contribution in [3.63, 3.8) is 0 Å². The molecule has 1 aromatic carbocycles. The number of hydrogen-bond donors (Lipinski definition) is 1. The first kappa shape index (κ1) is 8.50. The number of carboxylic acid groups (broad SMARTS) is 1. The van der Waals surface area contributed by atoms with Gasteiger partial charge in [0.2, 0.25) is 0 Å². The zero-order chi connectivity index (χ0) is 9.97. The highest BCUT2D eigenvalue weighted by molar-refractivity contribution is 5.92. The number of aliphatic imine (C=N–C) groups is 1. The molecule has 0 bridgehead atoms. The molecule has 0 aliphatic carbocycles. The lowest BCUT2D eigenvalue weighted by atomic mass is 10.1. The Bertz CT molecular complexity index is 435. The van der Waals surface area contributed by atoms with Gasteiger partial charge in [-0.3, -0.25) is 4.99 Å². The predicted molar refractivity (Wildman–Crippen MR) is 50.8 cm³/mol. The van der Waals surface area contributed by atoms with E-state index in [0.717, 1.165) is 0 Å². The number of ether oxygens (including phenoxy) is 1. The van der Waals surface area contributed by atoms with Crippen molar-refractivity contribution in [2.45, 2.75) is 0 Å². The fourth-order valence-electron chi connectivity index (χ4n) is 1.15. The molecule has 0 saturated carbocycles. The fourth-order valence-corrected chi connectivity index (χ4v) is 1.15. The molecule has 1 aliphatic rings. The monoisotopic (exact) mass is 189 g/mol. The number of benzene rings is 1. The van der Waals surface area contributed by atoms with Crippen molar-refractivity contribution < 1.29 is 14.6 Å². The van der Waals surface area contributed by atoms with Crippen molar-refractivity contribution in [3.8, 4) is 5.75 Å². The smallest absolute Gasteiger partial charge is 0.335 e. The highest BCUT2D eigenvalue weighted by atomic mass is 16.5. The minimum absolute atomic E-state index is 0.223. The molecule has 4 nitrogen and oxygen atoms in total. The Morgan fingerprint density at radius 2 is 2.29 bits per heavy atom. The molecule has 2 rings (SSSR count). The number of hydrogen-bond acceptors (Lipinski definition) is 3. The van der Waals surface area contributed by atoms with Crippen LogP contribution >= 0.6 is 0 Å². The first-order valence-corrected chi connectivity index (χ1v) is 3.99. The van der Waals surface area contributed by atoms with E-state index >= 15 is 0 Å². The lowest BCUT2D eigenvalue weighted by molar-refractivity contribution is 0.0697. The molecule has 0 atom stereocenters. The van der Waals surface area contributed by atoms with Crippen molar-refractivity contribution in [3.05, 3.63) is 41.8 Å². The van der Waals surface area contributed by atoms with Gasteiger partial charge in [-0.2, -0.15) is 0 Å². The van der Waals surface area contributed by atoms with Gasteiger partial charge in [0.1, 0.15) is 12.0 Å². The molecule has 0 amide bonds. The average Bonchev–Trinajstić information content (AvgIpc) is 2.41. The summed E-state index contributed by atoms with van der Waals surface area (Å²) in [5.74, 6) is -0.356. The maximum absolute atomic E-state index is 10.7. The van der Waals surface area contributed by atoms with Gasteiger partial charge in [-0.05, 0) is 18.2 Å². The number of rotatable bonds is 1. The summed E-state index contributed by atoms with van der Waals surface area (Å²) >= 11 is 0. The molecule has 0 radical (unpaired) electrons. The Balaban J connectivity index is 2.49. The molecule has 0 fully saturated rings. The van der Waals surface area contributed by atoms with E-state index in [-0.39, 0.29) is 5.56 Å². The molecule has 14 heavy (non-hydrogen) atoms. The molecule has 0 aromatic heterocycles. The minimum Gasteiger partial charge on any atom is -0.478 e. The van der Waals surface area contributed by atoms with Crippen LogP contribution in [0, 0.1) is 0 Å². The molecule has 1 heterocycles. The van der Waals surface area contributed by atoms with E-state index in [1.54, 1.807) is 12.3 Å². The van der Waals surface area contributed by atoms with Gasteiger partial charge in [0.05, 0.1) is 11.8 Å². The Labute approximate surface area is 80.2 Å². The van der Waals surface area contributed by atoms with Gasteiger partial charge in [-0.25, -0.2) is 4.79 Å². The molecule has 4 heteroatoms. The summed E-state index contributed by atoms with van der Waals surface area (Å²) in [6, 6.07) is 4.63. The standard InChI is InChI=1S/C10H7NO3/c12-10(13)7-1-2-9-8(5-7)6-11-3-4-14-9/h1-6H,(H,12,13). The molecular formula is C10H7NO3. The second kappa shape index (κ2) is 3.33. The van der Waals surface area contributed by atoms with Crippen LogP contribution in [0.1, 0.15) is 15.9 Å². The predicted octanol–water partition coefficient (Wildman–Crippen LogP) is 1.67. The normalized spacial score (nSPS) is 12.9. The third kappa shape index (κ3) is 1.50. The first-order valence-electron chi connectivity index (χ1n) is 3.99. The van der Waals surface area contributed by atoms with Crippen LogP contribution in [0.5, 0.6) is 5.75 Å². The van der Waals surface area contributed by atoms with Gasteiger partial charge in [-0.15, -0.1) is 0 Å². The Morgan fingerprint density at radius 3 is 3.07 bits per heavy atom. The number of fused-ring (bicyclic) bond motifs is 1. The van der Waals surface area contributed by atoms with Gasteiger partial charge < -0.3 is 9.84 Å². The maximum atomic E-state index is 10.7. The molecule has 1 N–H and O–H groups in total. The van der Waals surface area contributed by atoms with E-state index in [1.807, 2.05) is 0 Å². The van der Waals surface area contributed by atoms with Crippen LogP contribution in [0.4, 0.5) is 0 Å². The van der Waals surface area contributed by atoms with Gasteiger partial charge in [0.15, 0.2) is 0 Å². The average molecular weight is 189 g/mol. The van der Waals surface area contributed by atoms with E-state index < -0.39 is 5.97 Å². The maximum Gasteiger partial charge on any atom is 0.335 e. The van der Waals surface area contributed by atoms with Crippen LogP contribution < -0.4 is 4.74 Å². The Morgan fingerprint density at radius 1 is 1.43 bits per heavy atom. The molecule has 0 saturated heterocycles. The largest absolute Gasteiger partial charge is 0.478 e. The van der Waals surface area contributed by atoms with Gasteiger partial charge in [0.25, 0.3) is 0 Å². The van der Waals surface area contributed by atoms with Crippen LogP contribution in [0.25, 0.3) is 0 Å². The second-order valence-electron chi connectivity index (χ2n) is 2.74. The van der Waals surface area contributed by atoms with Crippen LogP contribution in [0.2, 0.25) is 0 Å². The first-order chi connectivity index (χ1) is 6.77. The van der Waals surface area contributed by atoms with Crippen molar-refractivity contribution >= 4 is 12.2 Å². The highest BCUT2D eigenvalue weighted by Crippen LogP contribution is 2.20. The summed E-state index contributed by atoms with van der Waals surface area (Å²) < 4.78 is 5.18. The van der Waals surface area contributed by atoms with Crippen LogP contribution in [0.15, 0.2) is 35.7 Å². The van der Waals surface area contributed by atoms with Gasteiger partial charge in [0, 0.05) is 11.8 Å². The summed E-state index contributed by atoms with van der Waals surface area (Å²) in [7, 11) is 0. The Hall–Kier alpha value is -2.10. The minimum atomic E-state index is -0.960. The fraction of sp³-hybridized carbons (Fsp3) is 0. The highest BCUT2D eigenvalue weighted by Gasteiger charge is 2.08. The van der Waals surface area contributed by atoms with Crippen LogP contribution in [-0.4, -0.2) is 17.3 Å². The summed E-state index contributed by atoms with van der Waals surface area (Å²) in [5.41, 5.74) is 0.885. The Kier molecular flexibility index (Phi) is 2.02. The number of carbonyl (C=O) groups is 1. The summed E-state index contributed by atoms with van der Waals surface area (Å²) in [5, 5.41) is 8.76. The number of nitrogens with zero attached hydrogens (tertiary/aromatic N) is 1. The molecule has 1 aromatic rings. The molecule has 70 valence electrons. The van der Waals surface area contributed by atoms with E-state index in [4.69, 9.17) is 9.84 Å². The molecule has 0 spiro atoms. The molecule has 0 unspecified atom stereocenters.